The van der Waals surface area contributed by atoms with Gasteiger partial charge in [-0.25, -0.2) is 0 Å². The fourth-order valence-electron chi connectivity index (χ4n) is 1.81. The van der Waals surface area contributed by atoms with Crippen molar-refractivity contribution in [3.63, 3.8) is 0 Å². The van der Waals surface area contributed by atoms with Gasteiger partial charge in [0.2, 0.25) is 0 Å². The van der Waals surface area contributed by atoms with Gasteiger partial charge in [-0.1, -0.05) is 18.2 Å². The molecule has 2 rings (SSSR count). The van der Waals surface area contributed by atoms with Crippen molar-refractivity contribution in [2.75, 3.05) is 23.8 Å². The van der Waals surface area contributed by atoms with Crippen LogP contribution in [0.3, 0.4) is 0 Å². The molecule has 16 heavy (non-hydrogen) atoms. The van der Waals surface area contributed by atoms with Gasteiger partial charge in [0.25, 0.3) is 0 Å². The third kappa shape index (κ3) is 2.58. The van der Waals surface area contributed by atoms with Crippen LogP contribution in [-0.4, -0.2) is 24.6 Å². The van der Waals surface area contributed by atoms with Crippen molar-refractivity contribution in [2.24, 2.45) is 0 Å². The number of benzene rings is 1. The Hall–Kier alpha value is -0.970. The van der Waals surface area contributed by atoms with Crippen LogP contribution in [0.15, 0.2) is 30.3 Å². The summed E-state index contributed by atoms with van der Waals surface area (Å²) in [5, 5.41) is 12.9. The van der Waals surface area contributed by atoms with Crippen molar-refractivity contribution in [1.82, 2.24) is 5.32 Å². The zero-order valence-electron chi connectivity index (χ0n) is 9.31. The number of nitrogens with one attached hydrogen (secondary N) is 1. The highest BCUT2D eigenvalue weighted by molar-refractivity contribution is 7.99. The Balaban J connectivity index is 2.24. The molecular weight excluding hydrogens is 220 g/mol. The summed E-state index contributed by atoms with van der Waals surface area (Å²) in [6, 6.07) is 8.00. The molecule has 1 aromatic rings. The molecule has 1 aliphatic heterocycles. The average Bonchev–Trinajstić information content (AvgIpc) is 2.39. The molecule has 0 unspecified atom stereocenters. The summed E-state index contributed by atoms with van der Waals surface area (Å²) in [5.41, 5.74) is 3.38. The van der Waals surface area contributed by atoms with E-state index in [1.165, 1.54) is 27.6 Å². The van der Waals surface area contributed by atoms with Gasteiger partial charge < -0.3 is 5.32 Å². The second kappa shape index (κ2) is 5.39. The molecule has 1 heterocycles. The summed E-state index contributed by atoms with van der Waals surface area (Å²) in [4.78, 5) is 0. The minimum absolute atomic E-state index is 0.824. The lowest BCUT2D eigenvalue weighted by Gasteiger charge is -2.17. The zero-order chi connectivity index (χ0) is 11.4. The van der Waals surface area contributed by atoms with E-state index in [1.807, 2.05) is 24.5 Å². The molecule has 86 valence electrons. The van der Waals surface area contributed by atoms with Crippen molar-refractivity contribution >= 4 is 23.2 Å². The summed E-state index contributed by atoms with van der Waals surface area (Å²) < 4.78 is 1.19. The molecule has 2 N–H and O–H groups in total. The molecule has 0 aliphatic carbocycles. The molecule has 0 bridgehead atoms. The molecular formula is C12H16N2OS. The molecule has 0 fully saturated rings. The molecule has 1 aromatic carbocycles. The number of hydrogen-bond donors (Lipinski definition) is 2. The highest BCUT2D eigenvalue weighted by atomic mass is 32.2. The number of nitrogens with zero attached hydrogens (tertiary/aromatic N) is 1. The van der Waals surface area contributed by atoms with E-state index in [0.29, 0.717) is 0 Å². The molecule has 0 radical (unpaired) electrons. The second-order valence-corrected chi connectivity index (χ2v) is 4.40. The maximum Gasteiger partial charge on any atom is 0.0769 e. The van der Waals surface area contributed by atoms with Gasteiger partial charge in [0, 0.05) is 12.8 Å². The average molecular weight is 236 g/mol. The summed E-state index contributed by atoms with van der Waals surface area (Å²) in [6.45, 7) is 1.96. The first-order chi connectivity index (χ1) is 7.81. The molecule has 0 amide bonds. The standard InChI is InChI=1S/C12H16N2OS/c1-16-14(15)12-4-2-3-11(9-12)10-5-7-13-8-6-10/h2-5,9,13,15H,6-8H2,1H3. The molecule has 1 aliphatic rings. The first-order valence-electron chi connectivity index (χ1n) is 5.34. The second-order valence-electron chi connectivity index (χ2n) is 3.69. The lowest BCUT2D eigenvalue weighted by atomic mass is 10.00. The SMILES string of the molecule is CSN(O)c1cccc(C2=CCNCC2)c1. The van der Waals surface area contributed by atoms with Gasteiger partial charge in [-0.05, 0) is 48.2 Å². The molecule has 3 nitrogen and oxygen atoms in total. The Labute approximate surface area is 100 Å². The van der Waals surface area contributed by atoms with Gasteiger partial charge in [0.1, 0.15) is 0 Å². The maximum absolute atomic E-state index is 9.62. The van der Waals surface area contributed by atoms with Crippen LogP contribution in [0.4, 0.5) is 5.69 Å². The maximum atomic E-state index is 9.62. The Kier molecular flexibility index (Phi) is 3.88. The zero-order valence-corrected chi connectivity index (χ0v) is 10.1. The molecule has 0 saturated heterocycles. The fourth-order valence-corrected chi connectivity index (χ4v) is 2.14. The largest absolute Gasteiger partial charge is 0.313 e. The molecule has 0 atom stereocenters. The van der Waals surface area contributed by atoms with Gasteiger partial charge in [0.05, 0.1) is 5.69 Å². The van der Waals surface area contributed by atoms with E-state index in [0.717, 1.165) is 25.2 Å². The minimum Gasteiger partial charge on any atom is -0.313 e. The van der Waals surface area contributed by atoms with E-state index in [-0.39, 0.29) is 0 Å². The summed E-state index contributed by atoms with van der Waals surface area (Å²) in [5.74, 6) is 0. The third-order valence-corrected chi connectivity index (χ3v) is 3.23. The van der Waals surface area contributed by atoms with Crippen LogP contribution in [0.1, 0.15) is 12.0 Å². The first kappa shape index (κ1) is 11.5. The van der Waals surface area contributed by atoms with Crippen LogP contribution in [-0.2, 0) is 0 Å². The van der Waals surface area contributed by atoms with Gasteiger partial charge in [-0.3, -0.25) is 5.21 Å². The fraction of sp³-hybridized carbons (Fsp3) is 0.333. The monoisotopic (exact) mass is 236 g/mol. The number of hydrogen-bond acceptors (Lipinski definition) is 4. The third-order valence-electron chi connectivity index (χ3n) is 2.67. The van der Waals surface area contributed by atoms with Crippen molar-refractivity contribution in [3.05, 3.63) is 35.9 Å². The van der Waals surface area contributed by atoms with Crippen LogP contribution >= 0.6 is 11.9 Å². The molecule has 4 heteroatoms. The quantitative estimate of drug-likeness (QED) is 0.624. The van der Waals surface area contributed by atoms with Crippen molar-refractivity contribution in [2.45, 2.75) is 6.42 Å². The van der Waals surface area contributed by atoms with Crippen molar-refractivity contribution < 1.29 is 5.21 Å². The summed E-state index contributed by atoms with van der Waals surface area (Å²) >= 11 is 1.29. The van der Waals surface area contributed by atoms with E-state index in [4.69, 9.17) is 0 Å². The molecule has 0 saturated carbocycles. The van der Waals surface area contributed by atoms with E-state index in [9.17, 15) is 5.21 Å². The Morgan fingerprint density at radius 2 is 2.31 bits per heavy atom. The number of anilines is 1. The predicted molar refractivity (Wildman–Crippen MR) is 69.7 cm³/mol. The van der Waals surface area contributed by atoms with Crippen LogP contribution in [0.25, 0.3) is 5.57 Å². The van der Waals surface area contributed by atoms with Gasteiger partial charge in [-0.15, -0.1) is 0 Å². The molecule has 0 spiro atoms. The number of rotatable bonds is 3. The highest BCUT2D eigenvalue weighted by Crippen LogP contribution is 2.25. The van der Waals surface area contributed by atoms with Crippen LogP contribution in [0.5, 0.6) is 0 Å². The van der Waals surface area contributed by atoms with Crippen molar-refractivity contribution in [3.8, 4) is 0 Å². The Morgan fingerprint density at radius 1 is 1.44 bits per heavy atom. The smallest absolute Gasteiger partial charge is 0.0769 e. The van der Waals surface area contributed by atoms with Crippen LogP contribution in [0.2, 0.25) is 0 Å². The Morgan fingerprint density at radius 3 is 3.00 bits per heavy atom. The van der Waals surface area contributed by atoms with E-state index in [2.05, 4.69) is 17.5 Å². The lowest BCUT2D eigenvalue weighted by Crippen LogP contribution is -2.20. The van der Waals surface area contributed by atoms with Gasteiger partial charge >= 0.3 is 0 Å². The minimum atomic E-state index is 0.824. The lowest BCUT2D eigenvalue weighted by molar-refractivity contribution is 0.332. The van der Waals surface area contributed by atoms with Crippen LogP contribution in [0, 0.1) is 0 Å². The first-order valence-corrected chi connectivity index (χ1v) is 6.53. The highest BCUT2D eigenvalue weighted by Gasteiger charge is 2.08. The van der Waals surface area contributed by atoms with Gasteiger partial charge in [0.15, 0.2) is 0 Å². The van der Waals surface area contributed by atoms with E-state index >= 15 is 0 Å². The van der Waals surface area contributed by atoms with Gasteiger partial charge in [-0.2, -0.15) is 4.47 Å². The predicted octanol–water partition coefficient (Wildman–Crippen LogP) is 2.54. The van der Waals surface area contributed by atoms with Crippen LogP contribution < -0.4 is 9.79 Å². The topological polar surface area (TPSA) is 35.5 Å². The van der Waals surface area contributed by atoms with E-state index in [1.54, 1.807) is 0 Å². The van der Waals surface area contributed by atoms with E-state index < -0.39 is 0 Å². The normalized spacial score (nSPS) is 15.8. The Bertz CT molecular complexity index is 392. The summed E-state index contributed by atoms with van der Waals surface area (Å²) in [6.07, 6.45) is 5.11. The summed E-state index contributed by atoms with van der Waals surface area (Å²) in [7, 11) is 0. The molecule has 0 aromatic heterocycles. The van der Waals surface area contributed by atoms with Crippen molar-refractivity contribution in [1.29, 1.82) is 0 Å².